The Hall–Kier alpha value is 0.134. The fourth-order valence-electron chi connectivity index (χ4n) is 1.20. The average Bonchev–Trinajstić information content (AvgIpc) is 2.04. The van der Waals surface area contributed by atoms with Crippen molar-refractivity contribution in [2.45, 2.75) is 26.2 Å². The van der Waals surface area contributed by atoms with E-state index in [-0.39, 0.29) is 0 Å². The first-order valence-electron chi connectivity index (χ1n) is 4.60. The maximum absolute atomic E-state index is 3.94. The molecule has 0 bridgehead atoms. The molecule has 1 aromatic rings. The lowest BCUT2D eigenvalue weighted by atomic mass is 10.4. The van der Waals surface area contributed by atoms with Crippen LogP contribution in [-0.4, -0.2) is 13.8 Å². The first kappa shape index (κ1) is 11.2. The van der Waals surface area contributed by atoms with Gasteiger partial charge in [-0.2, -0.15) is 0 Å². The van der Waals surface area contributed by atoms with Crippen LogP contribution in [0.3, 0.4) is 0 Å². The highest BCUT2D eigenvalue weighted by Crippen LogP contribution is 2.24. The van der Waals surface area contributed by atoms with Crippen LogP contribution in [0.4, 0.5) is 0 Å². The maximum atomic E-state index is 3.94. The van der Waals surface area contributed by atoms with Crippen molar-refractivity contribution >= 4 is 34.3 Å². The molecule has 0 aliphatic heterocycles. The molecule has 1 aromatic carbocycles. The summed E-state index contributed by atoms with van der Waals surface area (Å²) in [6, 6.07) is 11.0. The second-order valence-corrected chi connectivity index (χ2v) is 26.9. The number of rotatable bonds is 2. The zero-order chi connectivity index (χ0) is 10.1. The van der Waals surface area contributed by atoms with E-state index in [9.17, 15) is 0 Å². The van der Waals surface area contributed by atoms with Gasteiger partial charge in [0.1, 0.15) is 6.21 Å². The van der Waals surface area contributed by atoms with Crippen LogP contribution in [0.25, 0.3) is 0 Å². The Balaban J connectivity index is 3.08. The van der Waals surface area contributed by atoms with E-state index < -0.39 is 13.8 Å². The topological polar surface area (TPSA) is 0 Å². The SMILES string of the molecule is C[Si](C)(Br)[Si](C)(C)c1ccccc1. The van der Waals surface area contributed by atoms with Crippen LogP contribution >= 0.6 is 15.3 Å². The Bertz CT molecular complexity index is 275. The van der Waals surface area contributed by atoms with E-state index in [4.69, 9.17) is 0 Å². The van der Waals surface area contributed by atoms with Crippen LogP contribution in [0.1, 0.15) is 0 Å². The summed E-state index contributed by atoms with van der Waals surface area (Å²) in [5.74, 6) is 0. The van der Waals surface area contributed by atoms with Gasteiger partial charge in [-0.1, -0.05) is 61.7 Å². The van der Waals surface area contributed by atoms with Crippen molar-refractivity contribution < 1.29 is 0 Å². The second-order valence-electron chi connectivity index (χ2n) is 4.46. The van der Waals surface area contributed by atoms with Crippen LogP contribution in [0.5, 0.6) is 0 Å². The van der Waals surface area contributed by atoms with Crippen molar-refractivity contribution in [3.05, 3.63) is 30.3 Å². The van der Waals surface area contributed by atoms with Gasteiger partial charge >= 0.3 is 0 Å². The highest BCUT2D eigenvalue weighted by molar-refractivity contribution is 9.27. The molecule has 0 spiro atoms. The average molecular weight is 273 g/mol. The highest BCUT2D eigenvalue weighted by atomic mass is 79.9. The molecule has 0 aliphatic carbocycles. The Morgan fingerprint density at radius 1 is 0.923 bits per heavy atom. The number of hydrogen-bond donors (Lipinski definition) is 0. The third-order valence-corrected chi connectivity index (χ3v) is 26.4. The summed E-state index contributed by atoms with van der Waals surface area (Å²) in [5.41, 5.74) is 0. The van der Waals surface area contributed by atoms with Crippen molar-refractivity contribution in [2.75, 3.05) is 0 Å². The van der Waals surface area contributed by atoms with Gasteiger partial charge in [0.25, 0.3) is 0 Å². The van der Waals surface area contributed by atoms with Gasteiger partial charge in [-0.15, -0.1) is 15.3 Å². The fraction of sp³-hybridized carbons (Fsp3) is 0.400. The molecule has 0 heterocycles. The van der Waals surface area contributed by atoms with Gasteiger partial charge in [0.2, 0.25) is 0 Å². The van der Waals surface area contributed by atoms with Crippen molar-refractivity contribution in [3.63, 3.8) is 0 Å². The Kier molecular flexibility index (Phi) is 3.20. The van der Waals surface area contributed by atoms with E-state index in [0.717, 1.165) is 0 Å². The molecule has 72 valence electrons. The van der Waals surface area contributed by atoms with Crippen LogP contribution in [0, 0.1) is 0 Å². The lowest BCUT2D eigenvalue weighted by Crippen LogP contribution is -2.59. The summed E-state index contributed by atoms with van der Waals surface area (Å²) in [7, 11) is -1.23. The zero-order valence-electron chi connectivity index (χ0n) is 8.76. The van der Waals surface area contributed by atoms with Crippen molar-refractivity contribution in [1.29, 1.82) is 0 Å². The van der Waals surface area contributed by atoms with E-state index in [1.165, 1.54) is 0 Å². The Morgan fingerprint density at radius 3 is 1.77 bits per heavy atom. The largest absolute Gasteiger partial charge is 0.130 e. The van der Waals surface area contributed by atoms with Gasteiger partial charge in [-0.05, 0) is 0 Å². The molecule has 0 radical (unpaired) electrons. The minimum atomic E-state index is -1.23. The molecule has 0 amide bonds. The molecule has 0 N–H and O–H groups in total. The zero-order valence-corrected chi connectivity index (χ0v) is 12.4. The van der Waals surface area contributed by atoms with Gasteiger partial charge in [-0.25, -0.2) is 0 Å². The second kappa shape index (κ2) is 3.71. The molecular formula is C10H17BrSi2. The summed E-state index contributed by atoms with van der Waals surface area (Å²) >= 11 is 3.94. The van der Waals surface area contributed by atoms with Gasteiger partial charge in [0, 0.05) is 0 Å². The lowest BCUT2D eigenvalue weighted by molar-refractivity contribution is 1.72. The number of hydrogen-bond acceptors (Lipinski definition) is 0. The summed E-state index contributed by atoms with van der Waals surface area (Å²) in [6.45, 7) is 9.74. The van der Waals surface area contributed by atoms with Crippen molar-refractivity contribution in [2.24, 2.45) is 0 Å². The molecule has 0 aliphatic rings. The molecule has 0 saturated heterocycles. The minimum Gasteiger partial charge on any atom is -0.130 e. The molecule has 1 rings (SSSR count). The summed E-state index contributed by atoms with van der Waals surface area (Å²) in [6.07, 6.45) is -1.17. The monoisotopic (exact) mass is 272 g/mol. The predicted molar refractivity (Wildman–Crippen MR) is 70.0 cm³/mol. The first-order valence-corrected chi connectivity index (χ1v) is 13.9. The molecule has 0 unspecified atom stereocenters. The van der Waals surface area contributed by atoms with Crippen LogP contribution in [-0.2, 0) is 0 Å². The third-order valence-electron chi connectivity index (χ3n) is 2.98. The first-order chi connectivity index (χ1) is 5.86. The fourth-order valence-corrected chi connectivity index (χ4v) is 7.53. The molecule has 0 aromatic heterocycles. The molecule has 0 saturated carbocycles. The molecule has 0 nitrogen and oxygen atoms in total. The summed E-state index contributed by atoms with van der Waals surface area (Å²) in [5, 5.41) is 1.57. The Labute approximate surface area is 90.8 Å². The maximum Gasteiger partial charge on any atom is 0.121 e. The van der Waals surface area contributed by atoms with Crippen LogP contribution < -0.4 is 5.19 Å². The van der Waals surface area contributed by atoms with E-state index in [1.54, 1.807) is 5.19 Å². The Morgan fingerprint density at radius 2 is 1.38 bits per heavy atom. The normalized spacial score (nSPS) is 13.0. The molecule has 13 heavy (non-hydrogen) atoms. The smallest absolute Gasteiger partial charge is 0.121 e. The standard InChI is InChI=1S/C10H17BrSi2/c1-12(2,13(3,4)11)10-8-6-5-7-9-10/h5-9H,1-4H3. The summed E-state index contributed by atoms with van der Waals surface area (Å²) in [4.78, 5) is 0. The summed E-state index contributed by atoms with van der Waals surface area (Å²) < 4.78 is 0. The van der Waals surface area contributed by atoms with E-state index in [2.05, 4.69) is 71.8 Å². The van der Waals surface area contributed by atoms with Gasteiger partial charge in [-0.3, -0.25) is 0 Å². The van der Waals surface area contributed by atoms with E-state index in [1.807, 2.05) is 0 Å². The minimum absolute atomic E-state index is 1.17. The predicted octanol–water partition coefficient (Wildman–Crippen LogP) is 3.28. The van der Waals surface area contributed by atoms with E-state index in [0.29, 0.717) is 0 Å². The highest BCUT2D eigenvalue weighted by Gasteiger charge is 2.40. The van der Waals surface area contributed by atoms with Crippen LogP contribution in [0.2, 0.25) is 26.2 Å². The van der Waals surface area contributed by atoms with Gasteiger partial charge < -0.3 is 0 Å². The lowest BCUT2D eigenvalue weighted by Gasteiger charge is -2.33. The van der Waals surface area contributed by atoms with Crippen molar-refractivity contribution in [3.8, 4) is 0 Å². The molecule has 0 fully saturated rings. The third kappa shape index (κ3) is 2.33. The van der Waals surface area contributed by atoms with Gasteiger partial charge in [0.15, 0.2) is 0 Å². The van der Waals surface area contributed by atoms with Gasteiger partial charge in [0.05, 0.1) is 7.59 Å². The molecule has 3 heteroatoms. The molecular weight excluding hydrogens is 256 g/mol. The molecule has 0 atom stereocenters. The van der Waals surface area contributed by atoms with E-state index >= 15 is 0 Å². The number of benzene rings is 1. The quantitative estimate of drug-likeness (QED) is 0.573. The van der Waals surface area contributed by atoms with Crippen LogP contribution in [0.15, 0.2) is 30.3 Å². The van der Waals surface area contributed by atoms with Crippen molar-refractivity contribution in [1.82, 2.24) is 0 Å². The number of halogens is 1.